The maximum absolute atomic E-state index is 13.3. The molecule has 0 atom stereocenters. The molecule has 0 radical (unpaired) electrons. The van der Waals surface area contributed by atoms with E-state index in [1.165, 1.54) is 12.1 Å². The molecule has 4 heteroatoms. The van der Waals surface area contributed by atoms with E-state index in [4.69, 9.17) is 5.73 Å². The molecule has 0 amide bonds. The Labute approximate surface area is 100 Å². The molecule has 0 bridgehead atoms. The van der Waals surface area contributed by atoms with E-state index in [2.05, 4.69) is 5.10 Å². The predicted molar refractivity (Wildman–Crippen MR) is 65.9 cm³/mol. The fourth-order valence-electron chi connectivity index (χ4n) is 2.01. The van der Waals surface area contributed by atoms with Crippen LogP contribution in [-0.4, -0.2) is 9.78 Å². The molecular weight excluding hydrogens is 217 g/mol. The lowest BCUT2D eigenvalue weighted by atomic mass is 10.0. The smallest absolute Gasteiger partial charge is 0.123 e. The lowest BCUT2D eigenvalue weighted by Gasteiger charge is -2.08. The molecule has 0 aliphatic rings. The number of aromatic nitrogens is 2. The molecule has 0 saturated heterocycles. The van der Waals surface area contributed by atoms with Crippen LogP contribution in [0.3, 0.4) is 0 Å². The minimum Gasteiger partial charge on any atom is -0.326 e. The normalized spacial score (nSPS) is 10.8. The molecule has 1 heterocycles. The highest BCUT2D eigenvalue weighted by atomic mass is 19.1. The van der Waals surface area contributed by atoms with Gasteiger partial charge in [0.25, 0.3) is 0 Å². The largest absolute Gasteiger partial charge is 0.326 e. The van der Waals surface area contributed by atoms with Crippen molar-refractivity contribution in [1.82, 2.24) is 9.78 Å². The zero-order chi connectivity index (χ0) is 12.4. The Kier molecular flexibility index (Phi) is 3.24. The average molecular weight is 233 g/mol. The summed E-state index contributed by atoms with van der Waals surface area (Å²) in [4.78, 5) is 0. The van der Waals surface area contributed by atoms with Gasteiger partial charge in [-0.15, -0.1) is 0 Å². The van der Waals surface area contributed by atoms with Crippen LogP contribution >= 0.6 is 0 Å². The molecule has 1 aromatic carbocycles. The Balaban J connectivity index is 2.58. The van der Waals surface area contributed by atoms with Crippen molar-refractivity contribution in [2.45, 2.75) is 26.9 Å². The van der Waals surface area contributed by atoms with Crippen molar-refractivity contribution in [1.29, 1.82) is 0 Å². The van der Waals surface area contributed by atoms with Crippen molar-refractivity contribution in [2.24, 2.45) is 5.73 Å². The van der Waals surface area contributed by atoms with E-state index >= 15 is 0 Å². The predicted octanol–water partition coefficient (Wildman–Crippen LogP) is 2.48. The summed E-state index contributed by atoms with van der Waals surface area (Å²) in [6.07, 6.45) is 1.77. The van der Waals surface area contributed by atoms with Gasteiger partial charge in [-0.2, -0.15) is 5.10 Å². The van der Waals surface area contributed by atoms with Gasteiger partial charge in [0, 0.05) is 24.3 Å². The highest BCUT2D eigenvalue weighted by Gasteiger charge is 2.11. The minimum absolute atomic E-state index is 0.249. The van der Waals surface area contributed by atoms with Crippen molar-refractivity contribution in [2.75, 3.05) is 0 Å². The molecule has 2 rings (SSSR count). The lowest BCUT2D eigenvalue weighted by molar-refractivity contribution is 0.627. The molecule has 0 spiro atoms. The van der Waals surface area contributed by atoms with Crippen LogP contribution in [0.4, 0.5) is 4.39 Å². The van der Waals surface area contributed by atoms with Crippen LogP contribution in [0.2, 0.25) is 0 Å². The van der Waals surface area contributed by atoms with E-state index in [0.717, 1.165) is 28.9 Å². The van der Waals surface area contributed by atoms with Gasteiger partial charge in [0.05, 0.1) is 6.20 Å². The molecule has 0 fully saturated rings. The number of hydrogen-bond donors (Lipinski definition) is 1. The van der Waals surface area contributed by atoms with Crippen molar-refractivity contribution in [3.63, 3.8) is 0 Å². The van der Waals surface area contributed by atoms with Gasteiger partial charge in [0.15, 0.2) is 0 Å². The highest BCUT2D eigenvalue weighted by molar-refractivity contribution is 5.69. The Morgan fingerprint density at radius 1 is 1.35 bits per heavy atom. The zero-order valence-electron chi connectivity index (χ0n) is 10.1. The minimum atomic E-state index is -0.249. The molecule has 1 aromatic heterocycles. The van der Waals surface area contributed by atoms with Gasteiger partial charge in [0.1, 0.15) is 5.82 Å². The number of hydrogen-bond acceptors (Lipinski definition) is 2. The number of nitrogens with zero attached hydrogens (tertiary/aromatic N) is 2. The number of benzene rings is 1. The zero-order valence-corrected chi connectivity index (χ0v) is 10.1. The second kappa shape index (κ2) is 4.67. The van der Waals surface area contributed by atoms with Gasteiger partial charge in [-0.05, 0) is 37.1 Å². The summed E-state index contributed by atoms with van der Waals surface area (Å²) in [5.41, 5.74) is 9.44. The van der Waals surface area contributed by atoms with Crippen LogP contribution in [0.5, 0.6) is 0 Å². The molecule has 0 saturated carbocycles. The first kappa shape index (κ1) is 11.8. The number of halogens is 1. The summed E-state index contributed by atoms with van der Waals surface area (Å²) in [5.74, 6) is -0.249. The second-order valence-corrected chi connectivity index (χ2v) is 3.97. The van der Waals surface area contributed by atoms with Crippen LogP contribution in [0.15, 0.2) is 24.4 Å². The first-order chi connectivity index (χ1) is 8.17. The Morgan fingerprint density at radius 2 is 2.12 bits per heavy atom. The summed E-state index contributed by atoms with van der Waals surface area (Å²) < 4.78 is 15.2. The molecule has 0 unspecified atom stereocenters. The molecule has 2 N–H and O–H groups in total. The van der Waals surface area contributed by atoms with Gasteiger partial charge in [-0.1, -0.05) is 6.07 Å². The van der Waals surface area contributed by atoms with E-state index in [0.29, 0.717) is 6.54 Å². The second-order valence-electron chi connectivity index (χ2n) is 3.97. The number of nitrogens with two attached hydrogens (primary N) is 1. The van der Waals surface area contributed by atoms with Gasteiger partial charge in [-0.25, -0.2) is 4.39 Å². The monoisotopic (exact) mass is 233 g/mol. The Morgan fingerprint density at radius 3 is 2.71 bits per heavy atom. The van der Waals surface area contributed by atoms with Crippen LogP contribution in [-0.2, 0) is 13.1 Å². The number of aryl methyl sites for hydroxylation is 1. The summed E-state index contributed by atoms with van der Waals surface area (Å²) in [6.45, 7) is 5.21. The summed E-state index contributed by atoms with van der Waals surface area (Å²) in [5, 5.41) is 4.27. The van der Waals surface area contributed by atoms with E-state index in [-0.39, 0.29) is 5.82 Å². The van der Waals surface area contributed by atoms with E-state index < -0.39 is 0 Å². The van der Waals surface area contributed by atoms with Gasteiger partial charge in [0.2, 0.25) is 0 Å². The SMILES string of the molecule is CCn1ncc(-c2cc(F)ccc2CN)c1C. The van der Waals surface area contributed by atoms with E-state index in [9.17, 15) is 4.39 Å². The Hall–Kier alpha value is -1.68. The lowest BCUT2D eigenvalue weighted by Crippen LogP contribution is -2.01. The third-order valence-corrected chi connectivity index (χ3v) is 2.98. The first-order valence-corrected chi connectivity index (χ1v) is 5.68. The highest BCUT2D eigenvalue weighted by Crippen LogP contribution is 2.27. The molecule has 90 valence electrons. The first-order valence-electron chi connectivity index (χ1n) is 5.68. The van der Waals surface area contributed by atoms with Crippen LogP contribution in [0.1, 0.15) is 18.2 Å². The van der Waals surface area contributed by atoms with Crippen molar-refractivity contribution < 1.29 is 4.39 Å². The van der Waals surface area contributed by atoms with Gasteiger partial charge in [-0.3, -0.25) is 4.68 Å². The molecular formula is C13H16FN3. The third kappa shape index (κ3) is 2.08. The molecule has 17 heavy (non-hydrogen) atoms. The summed E-state index contributed by atoms with van der Waals surface area (Å²) >= 11 is 0. The molecule has 2 aromatic rings. The Bertz CT molecular complexity index is 531. The van der Waals surface area contributed by atoms with Crippen LogP contribution in [0, 0.1) is 12.7 Å². The standard InChI is InChI=1S/C13H16FN3/c1-3-17-9(2)13(8-16-17)12-6-11(14)5-4-10(12)7-15/h4-6,8H,3,7,15H2,1-2H3. The third-order valence-electron chi connectivity index (χ3n) is 2.98. The van der Waals surface area contributed by atoms with Crippen LogP contribution < -0.4 is 5.73 Å². The fourth-order valence-corrected chi connectivity index (χ4v) is 2.01. The molecule has 0 aliphatic carbocycles. The van der Waals surface area contributed by atoms with Crippen molar-refractivity contribution in [3.8, 4) is 11.1 Å². The molecule has 3 nitrogen and oxygen atoms in total. The quantitative estimate of drug-likeness (QED) is 0.885. The maximum atomic E-state index is 13.3. The maximum Gasteiger partial charge on any atom is 0.123 e. The van der Waals surface area contributed by atoms with E-state index in [1.54, 1.807) is 12.3 Å². The number of rotatable bonds is 3. The fraction of sp³-hybridized carbons (Fsp3) is 0.308. The van der Waals surface area contributed by atoms with Crippen LogP contribution in [0.25, 0.3) is 11.1 Å². The molecule has 0 aliphatic heterocycles. The topological polar surface area (TPSA) is 43.8 Å². The van der Waals surface area contributed by atoms with Crippen molar-refractivity contribution >= 4 is 0 Å². The van der Waals surface area contributed by atoms with Gasteiger partial charge < -0.3 is 5.73 Å². The summed E-state index contributed by atoms with van der Waals surface area (Å²) in [7, 11) is 0. The average Bonchev–Trinajstić information content (AvgIpc) is 2.70. The van der Waals surface area contributed by atoms with Gasteiger partial charge >= 0.3 is 0 Å². The summed E-state index contributed by atoms with van der Waals surface area (Å²) in [6, 6.07) is 4.69. The van der Waals surface area contributed by atoms with Crippen molar-refractivity contribution in [3.05, 3.63) is 41.5 Å². The van der Waals surface area contributed by atoms with E-state index in [1.807, 2.05) is 18.5 Å².